The maximum absolute atomic E-state index is 12.3. The molecule has 1 aliphatic heterocycles. The van der Waals surface area contributed by atoms with Crippen LogP contribution < -0.4 is 5.32 Å². The molecule has 0 aromatic carbocycles. The van der Waals surface area contributed by atoms with Crippen LogP contribution in [0.25, 0.3) is 0 Å². The van der Waals surface area contributed by atoms with Crippen molar-refractivity contribution in [2.24, 2.45) is 0 Å². The van der Waals surface area contributed by atoms with Gasteiger partial charge in [0, 0.05) is 38.6 Å². The molecule has 0 bridgehead atoms. The van der Waals surface area contributed by atoms with Gasteiger partial charge >= 0.3 is 6.03 Å². The summed E-state index contributed by atoms with van der Waals surface area (Å²) in [5.41, 5.74) is 0. The summed E-state index contributed by atoms with van der Waals surface area (Å²) in [6.45, 7) is 2.96. The molecule has 3 amide bonds. The van der Waals surface area contributed by atoms with E-state index in [2.05, 4.69) is 15.4 Å². The van der Waals surface area contributed by atoms with E-state index in [0.717, 1.165) is 12.8 Å². The number of aryl methyl sites for hydroxylation is 1. The van der Waals surface area contributed by atoms with Crippen LogP contribution in [0.2, 0.25) is 0 Å². The second-order valence-electron chi connectivity index (χ2n) is 6.56. The number of urea groups is 1. The van der Waals surface area contributed by atoms with Gasteiger partial charge in [-0.15, -0.1) is 0 Å². The van der Waals surface area contributed by atoms with E-state index in [-0.39, 0.29) is 11.9 Å². The predicted octanol–water partition coefficient (Wildman–Crippen LogP) is 0.855. The van der Waals surface area contributed by atoms with Crippen molar-refractivity contribution in [2.75, 3.05) is 26.2 Å². The predicted molar refractivity (Wildman–Crippen MR) is 88.2 cm³/mol. The van der Waals surface area contributed by atoms with Crippen molar-refractivity contribution in [1.82, 2.24) is 29.9 Å². The van der Waals surface area contributed by atoms with Gasteiger partial charge in [0.15, 0.2) is 0 Å². The molecule has 132 valence electrons. The quantitative estimate of drug-likeness (QED) is 0.885. The van der Waals surface area contributed by atoms with Gasteiger partial charge in [0.05, 0.1) is 6.54 Å². The van der Waals surface area contributed by atoms with Gasteiger partial charge in [0.25, 0.3) is 0 Å². The highest BCUT2D eigenvalue weighted by atomic mass is 16.2. The van der Waals surface area contributed by atoms with Crippen LogP contribution in [0.5, 0.6) is 0 Å². The minimum Gasteiger partial charge on any atom is -0.339 e. The number of hydrogen-bond acceptors (Lipinski definition) is 4. The highest BCUT2D eigenvalue weighted by molar-refractivity contribution is 5.77. The highest BCUT2D eigenvalue weighted by Gasteiger charge is 2.25. The summed E-state index contributed by atoms with van der Waals surface area (Å²) in [7, 11) is 0. The summed E-state index contributed by atoms with van der Waals surface area (Å²) in [4.78, 5) is 32.1. The molecule has 1 N–H and O–H groups in total. The maximum atomic E-state index is 12.3. The molecule has 1 aliphatic carbocycles. The first-order valence-corrected chi connectivity index (χ1v) is 8.88. The average Bonchev–Trinajstić information content (AvgIpc) is 3.14. The summed E-state index contributed by atoms with van der Waals surface area (Å²) in [6.07, 6.45) is 9.37. The van der Waals surface area contributed by atoms with Gasteiger partial charge in [-0.25, -0.2) is 9.78 Å². The van der Waals surface area contributed by atoms with E-state index in [0.29, 0.717) is 45.2 Å². The van der Waals surface area contributed by atoms with Crippen LogP contribution in [-0.4, -0.2) is 68.7 Å². The number of nitrogens with one attached hydrogen (secondary N) is 1. The second-order valence-corrected chi connectivity index (χ2v) is 6.56. The van der Waals surface area contributed by atoms with Crippen LogP contribution in [0.3, 0.4) is 0 Å². The molecule has 0 spiro atoms. The molecule has 1 aromatic heterocycles. The summed E-state index contributed by atoms with van der Waals surface area (Å²) < 4.78 is 1.66. The molecule has 24 heavy (non-hydrogen) atoms. The van der Waals surface area contributed by atoms with Crippen molar-refractivity contribution in [2.45, 2.75) is 51.1 Å². The van der Waals surface area contributed by atoms with Crippen LogP contribution >= 0.6 is 0 Å². The fourth-order valence-electron chi connectivity index (χ4n) is 3.39. The normalized spacial score (nSPS) is 19.3. The number of hydrogen-bond donors (Lipinski definition) is 1. The lowest BCUT2D eigenvalue weighted by Crippen LogP contribution is -2.54. The molecule has 1 aromatic rings. The van der Waals surface area contributed by atoms with Crippen LogP contribution in [0, 0.1) is 0 Å². The number of aromatic nitrogens is 3. The molecule has 1 saturated heterocycles. The van der Waals surface area contributed by atoms with Crippen molar-refractivity contribution < 1.29 is 9.59 Å². The summed E-state index contributed by atoms with van der Waals surface area (Å²) in [5, 5.41) is 7.14. The molecule has 8 nitrogen and oxygen atoms in total. The van der Waals surface area contributed by atoms with E-state index in [1.54, 1.807) is 11.0 Å². The molecule has 0 atom stereocenters. The molecule has 2 heterocycles. The molecule has 2 fully saturated rings. The molecule has 3 rings (SSSR count). The standard InChI is InChI=1S/C16H26N6O2/c23-15(6-7-22-13-17-12-18-22)20-8-10-21(11-9-20)16(24)19-14-4-2-1-3-5-14/h12-14H,1-11H2,(H,19,24). The summed E-state index contributed by atoms with van der Waals surface area (Å²) in [5.74, 6) is 0.109. The van der Waals surface area contributed by atoms with Crippen molar-refractivity contribution in [3.63, 3.8) is 0 Å². The van der Waals surface area contributed by atoms with E-state index >= 15 is 0 Å². The fourth-order valence-corrected chi connectivity index (χ4v) is 3.39. The largest absolute Gasteiger partial charge is 0.339 e. The average molecular weight is 334 g/mol. The molecule has 0 unspecified atom stereocenters. The SMILES string of the molecule is O=C(CCn1cncn1)N1CCN(C(=O)NC2CCCCC2)CC1. The number of nitrogens with zero attached hydrogens (tertiary/aromatic N) is 5. The first-order chi connectivity index (χ1) is 11.7. The number of carbonyl (C=O) groups excluding carboxylic acids is 2. The zero-order chi connectivity index (χ0) is 16.8. The Balaban J connectivity index is 1.38. The minimum absolute atomic E-state index is 0.0246. The molecule has 2 aliphatic rings. The van der Waals surface area contributed by atoms with Gasteiger partial charge in [-0.2, -0.15) is 5.10 Å². The Hall–Kier alpha value is -2.12. The smallest absolute Gasteiger partial charge is 0.317 e. The Labute approximate surface area is 142 Å². The lowest BCUT2D eigenvalue weighted by atomic mass is 9.96. The number of piperazine rings is 1. The van der Waals surface area contributed by atoms with Crippen LogP contribution in [0.1, 0.15) is 38.5 Å². The topological polar surface area (TPSA) is 83.4 Å². The van der Waals surface area contributed by atoms with Crippen molar-refractivity contribution >= 4 is 11.9 Å². The Kier molecular flexibility index (Phi) is 5.66. The monoisotopic (exact) mass is 334 g/mol. The molecule has 8 heteroatoms. The summed E-state index contributed by atoms with van der Waals surface area (Å²) >= 11 is 0. The van der Waals surface area contributed by atoms with E-state index < -0.39 is 0 Å². The van der Waals surface area contributed by atoms with E-state index in [1.807, 2.05) is 9.80 Å². The van der Waals surface area contributed by atoms with Gasteiger partial charge < -0.3 is 15.1 Å². The third-order valence-corrected chi connectivity index (χ3v) is 4.87. The molecular formula is C16H26N6O2. The van der Waals surface area contributed by atoms with Crippen LogP contribution in [-0.2, 0) is 11.3 Å². The molecule has 0 radical (unpaired) electrons. The van der Waals surface area contributed by atoms with Gasteiger partial charge in [-0.05, 0) is 12.8 Å². The Bertz CT molecular complexity index is 533. The van der Waals surface area contributed by atoms with E-state index in [9.17, 15) is 9.59 Å². The molecule has 1 saturated carbocycles. The van der Waals surface area contributed by atoms with Gasteiger partial charge in [-0.3, -0.25) is 9.48 Å². The van der Waals surface area contributed by atoms with Gasteiger partial charge in [0.1, 0.15) is 12.7 Å². The van der Waals surface area contributed by atoms with E-state index in [1.165, 1.54) is 25.6 Å². The second kappa shape index (κ2) is 8.12. The van der Waals surface area contributed by atoms with Crippen molar-refractivity contribution in [3.8, 4) is 0 Å². The third-order valence-electron chi connectivity index (χ3n) is 4.87. The highest BCUT2D eigenvalue weighted by Crippen LogP contribution is 2.17. The van der Waals surface area contributed by atoms with Crippen molar-refractivity contribution in [3.05, 3.63) is 12.7 Å². The van der Waals surface area contributed by atoms with Crippen LogP contribution in [0.4, 0.5) is 4.79 Å². The lowest BCUT2D eigenvalue weighted by Gasteiger charge is -2.36. The zero-order valence-electron chi connectivity index (χ0n) is 14.1. The minimum atomic E-state index is 0.0246. The third kappa shape index (κ3) is 4.46. The van der Waals surface area contributed by atoms with Crippen molar-refractivity contribution in [1.29, 1.82) is 0 Å². The Morgan fingerprint density at radius 2 is 1.75 bits per heavy atom. The zero-order valence-corrected chi connectivity index (χ0v) is 14.1. The Morgan fingerprint density at radius 1 is 1.04 bits per heavy atom. The molecular weight excluding hydrogens is 308 g/mol. The number of amides is 3. The lowest BCUT2D eigenvalue weighted by molar-refractivity contribution is -0.132. The van der Waals surface area contributed by atoms with Gasteiger partial charge in [0.2, 0.25) is 5.91 Å². The first kappa shape index (κ1) is 16.7. The Morgan fingerprint density at radius 3 is 2.42 bits per heavy atom. The summed E-state index contributed by atoms with van der Waals surface area (Å²) in [6, 6.07) is 0.352. The number of carbonyl (C=O) groups is 2. The van der Waals surface area contributed by atoms with E-state index in [4.69, 9.17) is 0 Å². The van der Waals surface area contributed by atoms with Gasteiger partial charge in [-0.1, -0.05) is 19.3 Å². The maximum Gasteiger partial charge on any atom is 0.317 e. The first-order valence-electron chi connectivity index (χ1n) is 8.88. The van der Waals surface area contributed by atoms with Crippen LogP contribution in [0.15, 0.2) is 12.7 Å². The fraction of sp³-hybridized carbons (Fsp3) is 0.750. The number of rotatable bonds is 4.